The monoisotopic (exact) mass is 522 g/mol. The summed E-state index contributed by atoms with van der Waals surface area (Å²) in [5, 5.41) is 9.58. The highest BCUT2D eigenvalue weighted by Crippen LogP contribution is 2.31. The van der Waals surface area contributed by atoms with Crippen molar-refractivity contribution in [2.75, 3.05) is 24.9 Å². The highest BCUT2D eigenvalue weighted by Gasteiger charge is 2.22. The van der Waals surface area contributed by atoms with Gasteiger partial charge in [0.15, 0.2) is 11.0 Å². The third kappa shape index (κ3) is 5.40. The summed E-state index contributed by atoms with van der Waals surface area (Å²) in [4.78, 5) is 15.3. The molecule has 8 heteroatoms. The van der Waals surface area contributed by atoms with Crippen LogP contribution in [0.3, 0.4) is 0 Å². The van der Waals surface area contributed by atoms with Crippen LogP contribution in [-0.4, -0.2) is 40.6 Å². The molecule has 4 aromatic carbocycles. The Hall–Kier alpha value is -4.56. The second-order valence-corrected chi connectivity index (χ2v) is 9.20. The Morgan fingerprint density at radius 3 is 1.79 bits per heavy atom. The molecule has 0 aliphatic carbocycles. The third-order valence-electron chi connectivity index (χ3n) is 5.92. The van der Waals surface area contributed by atoms with E-state index in [0.717, 1.165) is 34.1 Å². The van der Waals surface area contributed by atoms with Crippen molar-refractivity contribution in [2.45, 2.75) is 5.16 Å². The number of carbonyl (C=O) groups excluding carboxylic acids is 1. The van der Waals surface area contributed by atoms with E-state index in [2.05, 4.69) is 10.2 Å². The molecule has 0 bridgehead atoms. The summed E-state index contributed by atoms with van der Waals surface area (Å²) < 4.78 is 12.6. The Balaban J connectivity index is 1.48. The SMILES string of the molecule is COc1ccc(-c2nnc(SCC(=O)N(c3ccccc3)c3ccccc3)n2-c2ccc(OC)cc2)cc1. The maximum atomic E-state index is 13.6. The lowest BCUT2D eigenvalue weighted by Gasteiger charge is -2.23. The van der Waals surface area contributed by atoms with Crippen LogP contribution in [0, 0.1) is 0 Å². The van der Waals surface area contributed by atoms with Crippen molar-refractivity contribution < 1.29 is 14.3 Å². The van der Waals surface area contributed by atoms with E-state index in [1.807, 2.05) is 114 Å². The van der Waals surface area contributed by atoms with Gasteiger partial charge in [-0.2, -0.15) is 0 Å². The maximum absolute atomic E-state index is 13.6. The van der Waals surface area contributed by atoms with E-state index in [1.54, 1.807) is 19.1 Å². The predicted octanol–water partition coefficient (Wildman–Crippen LogP) is 6.41. The highest BCUT2D eigenvalue weighted by molar-refractivity contribution is 7.99. The first-order chi connectivity index (χ1) is 18.7. The molecule has 38 heavy (non-hydrogen) atoms. The number of thioether (sulfide) groups is 1. The maximum Gasteiger partial charge on any atom is 0.242 e. The number of benzene rings is 4. The molecule has 0 unspecified atom stereocenters. The van der Waals surface area contributed by atoms with Gasteiger partial charge in [0.2, 0.25) is 5.91 Å². The zero-order valence-corrected chi connectivity index (χ0v) is 21.8. The van der Waals surface area contributed by atoms with Crippen LogP contribution in [0.5, 0.6) is 11.5 Å². The number of carbonyl (C=O) groups is 1. The molecule has 1 amide bonds. The Morgan fingerprint density at radius 2 is 1.26 bits per heavy atom. The molecule has 0 saturated carbocycles. The number of ether oxygens (including phenoxy) is 2. The molecule has 0 aliphatic rings. The third-order valence-corrected chi connectivity index (χ3v) is 6.83. The quantitative estimate of drug-likeness (QED) is 0.208. The molecular weight excluding hydrogens is 496 g/mol. The van der Waals surface area contributed by atoms with E-state index in [4.69, 9.17) is 9.47 Å². The molecule has 1 heterocycles. The van der Waals surface area contributed by atoms with Gasteiger partial charge in [-0.25, -0.2) is 0 Å². The van der Waals surface area contributed by atoms with E-state index in [0.29, 0.717) is 11.0 Å². The van der Waals surface area contributed by atoms with Crippen molar-refractivity contribution in [3.05, 3.63) is 109 Å². The minimum Gasteiger partial charge on any atom is -0.497 e. The molecule has 0 N–H and O–H groups in total. The van der Waals surface area contributed by atoms with Crippen LogP contribution in [0.25, 0.3) is 17.1 Å². The fraction of sp³-hybridized carbons (Fsp3) is 0.100. The molecular formula is C30H26N4O3S. The number of amides is 1. The zero-order valence-electron chi connectivity index (χ0n) is 21.0. The number of aromatic nitrogens is 3. The van der Waals surface area contributed by atoms with Gasteiger partial charge in [0.25, 0.3) is 0 Å². The van der Waals surface area contributed by atoms with E-state index in [-0.39, 0.29) is 11.7 Å². The molecule has 5 rings (SSSR count). The van der Waals surface area contributed by atoms with Gasteiger partial charge in [-0.15, -0.1) is 10.2 Å². The van der Waals surface area contributed by atoms with Gasteiger partial charge in [-0.1, -0.05) is 48.2 Å². The number of hydrogen-bond donors (Lipinski definition) is 0. The Labute approximate surface area is 225 Å². The fourth-order valence-corrected chi connectivity index (χ4v) is 4.84. The first-order valence-electron chi connectivity index (χ1n) is 12.0. The second kappa shape index (κ2) is 11.7. The molecule has 1 aromatic heterocycles. The van der Waals surface area contributed by atoms with Gasteiger partial charge >= 0.3 is 0 Å². The number of para-hydroxylation sites is 2. The first-order valence-corrected chi connectivity index (χ1v) is 13.0. The number of nitrogens with zero attached hydrogens (tertiary/aromatic N) is 4. The van der Waals surface area contributed by atoms with Crippen LogP contribution in [0.2, 0.25) is 0 Å². The molecule has 0 aliphatic heterocycles. The van der Waals surface area contributed by atoms with Crippen molar-refractivity contribution in [1.82, 2.24) is 14.8 Å². The topological polar surface area (TPSA) is 69.5 Å². The highest BCUT2D eigenvalue weighted by atomic mass is 32.2. The van der Waals surface area contributed by atoms with Crippen LogP contribution in [0.1, 0.15) is 0 Å². The average Bonchev–Trinajstić information content (AvgIpc) is 3.41. The summed E-state index contributed by atoms with van der Waals surface area (Å²) in [6.45, 7) is 0. The molecule has 7 nitrogen and oxygen atoms in total. The molecule has 190 valence electrons. The number of anilines is 2. The molecule has 0 atom stereocenters. The van der Waals surface area contributed by atoms with Gasteiger partial charge in [0.1, 0.15) is 11.5 Å². The smallest absolute Gasteiger partial charge is 0.242 e. The first kappa shape index (κ1) is 25.1. The van der Waals surface area contributed by atoms with Crippen molar-refractivity contribution in [3.63, 3.8) is 0 Å². The van der Waals surface area contributed by atoms with Gasteiger partial charge in [-0.05, 0) is 72.8 Å². The van der Waals surface area contributed by atoms with Crippen LogP contribution < -0.4 is 14.4 Å². The lowest BCUT2D eigenvalue weighted by atomic mass is 10.2. The van der Waals surface area contributed by atoms with Crippen LogP contribution in [0.15, 0.2) is 114 Å². The molecule has 5 aromatic rings. The van der Waals surface area contributed by atoms with Gasteiger partial charge < -0.3 is 9.47 Å². The summed E-state index contributed by atoms with van der Waals surface area (Å²) in [7, 11) is 3.27. The van der Waals surface area contributed by atoms with E-state index < -0.39 is 0 Å². The summed E-state index contributed by atoms with van der Waals surface area (Å²) in [6.07, 6.45) is 0. The second-order valence-electron chi connectivity index (χ2n) is 8.26. The Bertz CT molecular complexity index is 1450. The molecule has 0 radical (unpaired) electrons. The largest absolute Gasteiger partial charge is 0.497 e. The minimum atomic E-state index is -0.0670. The lowest BCUT2D eigenvalue weighted by molar-refractivity contribution is -0.115. The van der Waals surface area contributed by atoms with E-state index in [1.165, 1.54) is 11.8 Å². The minimum absolute atomic E-state index is 0.0670. The van der Waals surface area contributed by atoms with E-state index in [9.17, 15) is 4.79 Å². The van der Waals surface area contributed by atoms with Crippen LogP contribution in [0.4, 0.5) is 11.4 Å². The van der Waals surface area contributed by atoms with Crippen LogP contribution in [-0.2, 0) is 4.79 Å². The van der Waals surface area contributed by atoms with Crippen molar-refractivity contribution in [3.8, 4) is 28.6 Å². The van der Waals surface area contributed by atoms with E-state index >= 15 is 0 Å². The average molecular weight is 523 g/mol. The van der Waals surface area contributed by atoms with Crippen LogP contribution >= 0.6 is 11.8 Å². The molecule has 0 fully saturated rings. The summed E-state index contributed by atoms with van der Waals surface area (Å²) in [6, 6.07) is 34.6. The van der Waals surface area contributed by atoms with Gasteiger partial charge in [0, 0.05) is 22.6 Å². The van der Waals surface area contributed by atoms with Crippen molar-refractivity contribution in [2.24, 2.45) is 0 Å². The Kier molecular flexibility index (Phi) is 7.70. The van der Waals surface area contributed by atoms with Gasteiger partial charge in [-0.3, -0.25) is 14.3 Å². The van der Waals surface area contributed by atoms with Crippen molar-refractivity contribution >= 4 is 29.0 Å². The normalized spacial score (nSPS) is 10.7. The molecule has 0 saturated heterocycles. The standard InChI is InChI=1S/C30H26N4O3S/c1-36-26-17-13-22(14-18-26)29-31-32-30(34(29)25-15-19-27(37-2)20-16-25)38-21-28(35)33(23-9-5-3-6-10-23)24-11-7-4-8-12-24/h3-20H,21H2,1-2H3. The lowest BCUT2D eigenvalue weighted by Crippen LogP contribution is -2.27. The fourth-order valence-electron chi connectivity index (χ4n) is 4.04. The zero-order chi connectivity index (χ0) is 26.3. The number of rotatable bonds is 9. The Morgan fingerprint density at radius 1 is 0.737 bits per heavy atom. The van der Waals surface area contributed by atoms with Gasteiger partial charge in [0.05, 0.1) is 20.0 Å². The number of hydrogen-bond acceptors (Lipinski definition) is 6. The predicted molar refractivity (Wildman–Crippen MR) is 151 cm³/mol. The van der Waals surface area contributed by atoms with Crippen molar-refractivity contribution in [1.29, 1.82) is 0 Å². The summed E-state index contributed by atoms with van der Waals surface area (Å²) >= 11 is 1.34. The molecule has 0 spiro atoms. The number of methoxy groups -OCH3 is 2. The summed E-state index contributed by atoms with van der Waals surface area (Å²) in [5.41, 5.74) is 3.35. The summed E-state index contributed by atoms with van der Waals surface area (Å²) in [5.74, 6) is 2.27.